The van der Waals surface area contributed by atoms with E-state index in [1.807, 2.05) is 0 Å². The highest BCUT2D eigenvalue weighted by Crippen LogP contribution is 2.22. The summed E-state index contributed by atoms with van der Waals surface area (Å²) in [5, 5.41) is 8.88. The Morgan fingerprint density at radius 3 is 3.06 bits per heavy atom. The lowest BCUT2D eigenvalue weighted by Crippen LogP contribution is -2.51. The molecule has 16 heavy (non-hydrogen) atoms. The number of hydrogen-bond donors (Lipinski definition) is 1. The van der Waals surface area contributed by atoms with Crippen molar-refractivity contribution in [1.82, 2.24) is 9.88 Å². The topological polar surface area (TPSA) is 62.7 Å². The van der Waals surface area contributed by atoms with E-state index in [1.54, 1.807) is 23.2 Å². The van der Waals surface area contributed by atoms with Crippen LogP contribution in [-0.4, -0.2) is 47.7 Å². The molecule has 0 aromatic carbocycles. The summed E-state index contributed by atoms with van der Waals surface area (Å²) in [7, 11) is 1.49. The summed E-state index contributed by atoms with van der Waals surface area (Å²) in [6.45, 7) is 1.34. The number of hydrogen-bond acceptors (Lipinski definition) is 4. The maximum Gasteiger partial charge on any atom is 0.259 e. The molecule has 1 N–H and O–H groups in total. The molecule has 0 unspecified atom stereocenters. The van der Waals surface area contributed by atoms with E-state index in [0.29, 0.717) is 24.5 Å². The fourth-order valence-corrected chi connectivity index (χ4v) is 1.74. The summed E-state index contributed by atoms with van der Waals surface area (Å²) in [5.41, 5.74) is 0.474. The molecule has 5 nitrogen and oxygen atoms in total. The number of pyridine rings is 1. The van der Waals surface area contributed by atoms with E-state index in [9.17, 15) is 4.79 Å². The van der Waals surface area contributed by atoms with Crippen molar-refractivity contribution in [3.05, 3.63) is 23.9 Å². The Morgan fingerprint density at radius 1 is 1.69 bits per heavy atom. The van der Waals surface area contributed by atoms with Crippen LogP contribution in [0.2, 0.25) is 0 Å². The highest BCUT2D eigenvalue weighted by Gasteiger charge is 2.31. The van der Waals surface area contributed by atoms with Gasteiger partial charge >= 0.3 is 0 Å². The highest BCUT2D eigenvalue weighted by atomic mass is 16.5. The Labute approximate surface area is 93.7 Å². The molecular weight excluding hydrogens is 208 g/mol. The maximum atomic E-state index is 12.0. The van der Waals surface area contributed by atoms with E-state index in [-0.39, 0.29) is 18.4 Å². The molecule has 1 amide bonds. The lowest BCUT2D eigenvalue weighted by atomic mass is 10.0. The highest BCUT2D eigenvalue weighted by molar-refractivity contribution is 5.96. The second kappa shape index (κ2) is 4.49. The molecule has 0 radical (unpaired) electrons. The number of rotatable bonds is 3. The molecule has 5 heteroatoms. The van der Waals surface area contributed by atoms with E-state index >= 15 is 0 Å². The lowest BCUT2D eigenvalue weighted by molar-refractivity contribution is 0.0358. The normalized spacial score (nSPS) is 15.8. The quantitative estimate of drug-likeness (QED) is 0.791. The van der Waals surface area contributed by atoms with Gasteiger partial charge in [-0.05, 0) is 12.1 Å². The van der Waals surface area contributed by atoms with Crippen LogP contribution in [0, 0.1) is 5.92 Å². The molecule has 1 aromatic rings. The van der Waals surface area contributed by atoms with Crippen molar-refractivity contribution in [1.29, 1.82) is 0 Å². The molecule has 0 bridgehead atoms. The van der Waals surface area contributed by atoms with E-state index in [2.05, 4.69) is 4.98 Å². The van der Waals surface area contributed by atoms with E-state index in [0.717, 1.165) is 0 Å². The molecular formula is C11H14N2O3. The number of aliphatic hydroxyl groups is 1. The van der Waals surface area contributed by atoms with Gasteiger partial charge in [-0.15, -0.1) is 0 Å². The number of likely N-dealkylation sites (tertiary alicyclic amines) is 1. The Balaban J connectivity index is 2.10. The molecule has 0 spiro atoms. The Bertz CT molecular complexity index is 389. The van der Waals surface area contributed by atoms with Gasteiger partial charge in [0.1, 0.15) is 5.56 Å². The zero-order valence-electron chi connectivity index (χ0n) is 9.09. The SMILES string of the molecule is COc1ncccc1C(=O)N1CC(CO)C1. The van der Waals surface area contributed by atoms with Gasteiger partial charge in [0.25, 0.3) is 5.91 Å². The van der Waals surface area contributed by atoms with Gasteiger partial charge in [-0.3, -0.25) is 4.79 Å². The molecule has 86 valence electrons. The minimum absolute atomic E-state index is 0.0883. The van der Waals surface area contributed by atoms with Crippen LogP contribution in [-0.2, 0) is 0 Å². The molecule has 1 aliphatic heterocycles. The standard InChI is InChI=1S/C11H14N2O3/c1-16-10-9(3-2-4-12-10)11(15)13-5-8(6-13)7-14/h2-4,8,14H,5-7H2,1H3. The molecule has 0 atom stereocenters. The van der Waals surface area contributed by atoms with Crippen LogP contribution >= 0.6 is 0 Å². The summed E-state index contributed by atoms with van der Waals surface area (Å²) in [4.78, 5) is 17.7. The van der Waals surface area contributed by atoms with Crippen LogP contribution in [0.3, 0.4) is 0 Å². The van der Waals surface area contributed by atoms with Crippen molar-refractivity contribution >= 4 is 5.91 Å². The first-order chi connectivity index (χ1) is 7.76. The summed E-state index contributed by atoms with van der Waals surface area (Å²) < 4.78 is 5.03. The van der Waals surface area contributed by atoms with Crippen LogP contribution < -0.4 is 4.74 Å². The van der Waals surface area contributed by atoms with Crippen molar-refractivity contribution in [3.63, 3.8) is 0 Å². The largest absolute Gasteiger partial charge is 0.480 e. The predicted octanol–water partition coefficient (Wildman–Crippen LogP) is 0.154. The van der Waals surface area contributed by atoms with Crippen LogP contribution in [0.25, 0.3) is 0 Å². The van der Waals surface area contributed by atoms with Gasteiger partial charge in [0, 0.05) is 31.8 Å². The molecule has 1 aromatic heterocycles. The number of carbonyl (C=O) groups excluding carboxylic acids is 1. The molecule has 2 heterocycles. The van der Waals surface area contributed by atoms with Gasteiger partial charge < -0.3 is 14.7 Å². The first-order valence-electron chi connectivity index (χ1n) is 5.15. The van der Waals surface area contributed by atoms with Gasteiger partial charge in [-0.2, -0.15) is 0 Å². The number of aliphatic hydroxyl groups excluding tert-OH is 1. The van der Waals surface area contributed by atoms with Gasteiger partial charge in [0.05, 0.1) is 7.11 Å². The molecule has 1 fully saturated rings. The number of methoxy groups -OCH3 is 1. The average molecular weight is 222 g/mol. The molecule has 1 aliphatic rings. The first kappa shape index (κ1) is 10.9. The van der Waals surface area contributed by atoms with Crippen LogP contribution in [0.5, 0.6) is 5.88 Å². The molecule has 2 rings (SSSR count). The number of carbonyl (C=O) groups is 1. The monoisotopic (exact) mass is 222 g/mol. The van der Waals surface area contributed by atoms with Crippen molar-refractivity contribution in [2.75, 3.05) is 26.8 Å². The second-order valence-corrected chi connectivity index (χ2v) is 3.82. The van der Waals surface area contributed by atoms with Crippen molar-refractivity contribution in [2.24, 2.45) is 5.92 Å². The minimum Gasteiger partial charge on any atom is -0.480 e. The fraction of sp³-hybridized carbons (Fsp3) is 0.455. The zero-order chi connectivity index (χ0) is 11.5. The maximum absolute atomic E-state index is 12.0. The Kier molecular flexibility index (Phi) is 3.05. The van der Waals surface area contributed by atoms with Gasteiger partial charge in [0.2, 0.25) is 5.88 Å². The number of ether oxygens (including phenoxy) is 1. The summed E-state index contributed by atoms with van der Waals surface area (Å²) in [6.07, 6.45) is 1.59. The summed E-state index contributed by atoms with van der Waals surface area (Å²) >= 11 is 0. The van der Waals surface area contributed by atoms with Crippen molar-refractivity contribution in [3.8, 4) is 5.88 Å². The molecule has 0 saturated carbocycles. The predicted molar refractivity (Wildman–Crippen MR) is 57.3 cm³/mol. The minimum atomic E-state index is -0.0883. The van der Waals surface area contributed by atoms with E-state index in [4.69, 9.17) is 9.84 Å². The Morgan fingerprint density at radius 2 is 2.44 bits per heavy atom. The third-order valence-corrected chi connectivity index (χ3v) is 2.70. The number of amides is 1. The van der Waals surface area contributed by atoms with Crippen molar-refractivity contribution < 1.29 is 14.6 Å². The summed E-state index contributed by atoms with van der Waals surface area (Å²) in [6, 6.07) is 3.40. The zero-order valence-corrected chi connectivity index (χ0v) is 9.09. The van der Waals surface area contributed by atoms with Gasteiger partial charge in [0.15, 0.2) is 0 Å². The van der Waals surface area contributed by atoms with Crippen LogP contribution in [0.4, 0.5) is 0 Å². The summed E-state index contributed by atoms with van der Waals surface area (Å²) in [5.74, 6) is 0.473. The lowest BCUT2D eigenvalue weighted by Gasteiger charge is -2.38. The van der Waals surface area contributed by atoms with Crippen LogP contribution in [0.15, 0.2) is 18.3 Å². The smallest absolute Gasteiger partial charge is 0.259 e. The van der Waals surface area contributed by atoms with E-state index in [1.165, 1.54) is 7.11 Å². The average Bonchev–Trinajstić information content (AvgIpc) is 2.27. The second-order valence-electron chi connectivity index (χ2n) is 3.82. The third kappa shape index (κ3) is 1.86. The van der Waals surface area contributed by atoms with E-state index < -0.39 is 0 Å². The number of nitrogens with zero attached hydrogens (tertiary/aromatic N) is 2. The Hall–Kier alpha value is -1.62. The molecule has 0 aliphatic carbocycles. The molecule has 1 saturated heterocycles. The van der Waals surface area contributed by atoms with Gasteiger partial charge in [-0.25, -0.2) is 4.98 Å². The van der Waals surface area contributed by atoms with Crippen molar-refractivity contribution in [2.45, 2.75) is 0 Å². The fourth-order valence-electron chi connectivity index (χ4n) is 1.74. The van der Waals surface area contributed by atoms with Crippen LogP contribution in [0.1, 0.15) is 10.4 Å². The van der Waals surface area contributed by atoms with Gasteiger partial charge in [-0.1, -0.05) is 0 Å². The first-order valence-corrected chi connectivity index (χ1v) is 5.15. The third-order valence-electron chi connectivity index (χ3n) is 2.70. The number of aromatic nitrogens is 1.